The van der Waals surface area contributed by atoms with Crippen LogP contribution in [0, 0.1) is 127 Å². The van der Waals surface area contributed by atoms with Gasteiger partial charge in [-0.15, -0.1) is 0 Å². The molecule has 6 heteroatoms. The van der Waals surface area contributed by atoms with Gasteiger partial charge in [0.1, 0.15) is 0 Å². The molecule has 14 rings (SSSR count). The lowest BCUT2D eigenvalue weighted by molar-refractivity contribution is -0.117. The molecule has 5 atom stereocenters. The van der Waals surface area contributed by atoms with Gasteiger partial charge in [0.15, 0.2) is 0 Å². The molecule has 6 saturated heterocycles. The quantitative estimate of drug-likeness (QED) is 0.193. The predicted molar refractivity (Wildman–Crippen MR) is 373 cm³/mol. The Morgan fingerprint density at radius 3 is 0.744 bits per heavy atom. The third-order valence-electron chi connectivity index (χ3n) is 28.7. The average Bonchev–Trinajstić information content (AvgIpc) is 1.53. The molecule has 14 aliphatic rings. The summed E-state index contributed by atoms with van der Waals surface area (Å²) in [6.45, 7) is 73.1. The SMILES string of the molecule is CC(C)C1C2CC3(CC21)CN(C(C)C)C3.CC(C)C1C2CC3(CC21)CN(C(C)C)C3.CC(C)C1CC2(C1)CN(C(C)C)C2.CC(C)C1CC2(CCN(C(C)C)CC2)C1.CC(C)C1CCC2(C1)CC(C(C)C)C2.CC(C)N1CCC2(C1)CN(C(C)C)C2. The van der Waals surface area contributed by atoms with Crippen LogP contribution in [-0.2, 0) is 0 Å². The van der Waals surface area contributed by atoms with Gasteiger partial charge in [-0.2, -0.15) is 0 Å². The molecular formula is C80H150N6. The molecule has 0 aromatic rings. The molecule has 8 aliphatic carbocycles. The van der Waals surface area contributed by atoms with Gasteiger partial charge in [-0.3, -0.25) is 19.6 Å². The zero-order valence-corrected chi connectivity index (χ0v) is 62.2. The van der Waals surface area contributed by atoms with Crippen LogP contribution in [-0.4, -0.2) is 144 Å². The maximum absolute atomic E-state index is 2.65. The summed E-state index contributed by atoms with van der Waals surface area (Å²) in [6, 6.07) is 4.55. The zero-order valence-electron chi connectivity index (χ0n) is 62.2. The molecule has 0 radical (unpaired) electrons. The van der Waals surface area contributed by atoms with Gasteiger partial charge in [-0.25, -0.2) is 0 Å². The Balaban J connectivity index is 0.000000123. The van der Waals surface area contributed by atoms with E-state index in [2.05, 4.69) is 196 Å². The van der Waals surface area contributed by atoms with Gasteiger partial charge in [-0.05, 0) is 327 Å². The summed E-state index contributed by atoms with van der Waals surface area (Å²) in [6.07, 6.45) is 24.4. The second-order valence-electron chi connectivity index (χ2n) is 39.0. The Labute approximate surface area is 537 Å². The molecule has 500 valence electrons. The first-order valence-corrected chi connectivity index (χ1v) is 38.6. The molecular weight excluding hydrogens is 1040 g/mol. The zero-order chi connectivity index (χ0) is 63.0. The van der Waals surface area contributed by atoms with Gasteiger partial charge < -0.3 is 9.80 Å². The highest BCUT2D eigenvalue weighted by molar-refractivity contribution is 5.16. The number of hydrogen-bond donors (Lipinski definition) is 0. The Morgan fingerprint density at radius 1 is 0.221 bits per heavy atom. The van der Waals surface area contributed by atoms with Crippen molar-refractivity contribution in [3.63, 3.8) is 0 Å². The standard InChI is InChI=1S/2C14H25N.C14H27N.C14H26.C12H24N2.C12H23N/c2*1-9(2)13-11-5-14(6-12(11)13)7-15(8-14)10(3)4;1-11(2)13-9-14(10-13)5-7-15(8-6-14)12(3)4;1-10(2)12-5-6-14(7-12)8-13(9-14)11(3)4;1-10(2)13-6-5-12(7-13)8-14(9-12)11(3)4;1-9(2)11-5-12(6-11)7-13(8-12)10(3)4/h2*9-13H,5-8H2,1-4H3;11-13H,5-10H2,1-4H3;10-13H,5-9H2,1-4H3;10-11H,5-9H2,1-4H3;9-11H,5-8H2,1-4H3. The molecule has 0 bridgehead atoms. The van der Waals surface area contributed by atoms with Crippen LogP contribution in [0.1, 0.15) is 269 Å². The number of fused-ring (bicyclic) bond motifs is 2. The van der Waals surface area contributed by atoms with Gasteiger partial charge in [0.05, 0.1) is 0 Å². The number of piperidine rings is 1. The van der Waals surface area contributed by atoms with E-state index in [1.54, 1.807) is 51.4 Å². The minimum Gasteiger partial charge on any atom is -0.301 e. The van der Waals surface area contributed by atoms with E-state index < -0.39 is 0 Å². The van der Waals surface area contributed by atoms with E-state index in [-0.39, 0.29) is 0 Å². The maximum Gasteiger partial charge on any atom is 0.00972 e. The van der Waals surface area contributed by atoms with E-state index >= 15 is 0 Å². The highest BCUT2D eigenvalue weighted by Crippen LogP contribution is 2.70. The van der Waals surface area contributed by atoms with Crippen LogP contribution in [0.2, 0.25) is 0 Å². The summed E-state index contributed by atoms with van der Waals surface area (Å²) < 4.78 is 0. The normalized spacial score (nSPS) is 34.2. The third-order valence-corrected chi connectivity index (χ3v) is 28.7. The molecule has 14 fully saturated rings. The van der Waals surface area contributed by atoms with Crippen molar-refractivity contribution in [2.45, 2.75) is 305 Å². The van der Waals surface area contributed by atoms with Gasteiger partial charge in [0, 0.05) is 101 Å². The van der Waals surface area contributed by atoms with E-state index in [0.717, 1.165) is 158 Å². The topological polar surface area (TPSA) is 19.4 Å². The van der Waals surface area contributed by atoms with E-state index in [1.807, 2.05) is 0 Å². The average molecular weight is 1200 g/mol. The molecule has 5 unspecified atom stereocenters. The van der Waals surface area contributed by atoms with Gasteiger partial charge in [0.2, 0.25) is 0 Å². The van der Waals surface area contributed by atoms with Crippen LogP contribution in [0.4, 0.5) is 0 Å². The highest BCUT2D eigenvalue weighted by atomic mass is 15.3. The van der Waals surface area contributed by atoms with Crippen molar-refractivity contribution in [1.82, 2.24) is 29.4 Å². The smallest absolute Gasteiger partial charge is 0.00972 e. The lowest BCUT2D eigenvalue weighted by Crippen LogP contribution is -2.64. The lowest BCUT2D eigenvalue weighted by Gasteiger charge is -2.61. The first kappa shape index (κ1) is 70.1. The fourth-order valence-electron chi connectivity index (χ4n) is 22.1. The van der Waals surface area contributed by atoms with Crippen molar-refractivity contribution in [2.24, 2.45) is 127 Å². The van der Waals surface area contributed by atoms with Crippen molar-refractivity contribution < 1.29 is 0 Å². The monoisotopic (exact) mass is 1200 g/mol. The molecule has 0 aromatic heterocycles. The summed E-state index contributed by atoms with van der Waals surface area (Å²) >= 11 is 0. The number of nitrogens with zero attached hydrogens (tertiary/aromatic N) is 6. The van der Waals surface area contributed by atoms with Crippen molar-refractivity contribution in [3.05, 3.63) is 0 Å². The van der Waals surface area contributed by atoms with E-state index in [0.29, 0.717) is 5.41 Å². The van der Waals surface area contributed by atoms with Crippen molar-refractivity contribution in [3.8, 4) is 0 Å². The second kappa shape index (κ2) is 27.2. The van der Waals surface area contributed by atoms with Crippen molar-refractivity contribution in [2.75, 3.05) is 78.5 Å². The van der Waals surface area contributed by atoms with E-state index in [4.69, 9.17) is 0 Å². The molecule has 6 aliphatic heterocycles. The van der Waals surface area contributed by atoms with Crippen LogP contribution >= 0.6 is 0 Å². The summed E-state index contributed by atoms with van der Waals surface area (Å²) in [5.41, 5.74) is 4.62. The predicted octanol–water partition coefficient (Wildman–Crippen LogP) is 18.6. The Morgan fingerprint density at radius 2 is 0.465 bits per heavy atom. The first-order chi connectivity index (χ1) is 40.1. The van der Waals surface area contributed by atoms with Crippen molar-refractivity contribution >= 4 is 0 Å². The fourth-order valence-corrected chi connectivity index (χ4v) is 22.1. The van der Waals surface area contributed by atoms with Gasteiger partial charge >= 0.3 is 0 Å². The molecule has 0 aromatic carbocycles. The lowest BCUT2D eigenvalue weighted by atomic mass is 9.55. The first-order valence-electron chi connectivity index (χ1n) is 38.6. The molecule has 8 saturated carbocycles. The Hall–Kier alpha value is -0.240. The molecule has 86 heavy (non-hydrogen) atoms. The van der Waals surface area contributed by atoms with Crippen LogP contribution in [0.3, 0.4) is 0 Å². The minimum atomic E-state index is 0.675. The summed E-state index contributed by atoms with van der Waals surface area (Å²) in [4.78, 5) is 15.8. The highest BCUT2D eigenvalue weighted by Gasteiger charge is 2.66. The third kappa shape index (κ3) is 15.6. The number of hydrogen-bond acceptors (Lipinski definition) is 6. The maximum atomic E-state index is 2.65. The van der Waals surface area contributed by atoms with Crippen LogP contribution in [0.5, 0.6) is 0 Å². The van der Waals surface area contributed by atoms with Crippen LogP contribution < -0.4 is 0 Å². The number of rotatable bonds is 12. The minimum absolute atomic E-state index is 0.675. The van der Waals surface area contributed by atoms with Gasteiger partial charge in [0.25, 0.3) is 0 Å². The molecule has 0 N–H and O–H groups in total. The Bertz CT molecular complexity index is 1890. The molecule has 0 amide bonds. The van der Waals surface area contributed by atoms with E-state index in [9.17, 15) is 0 Å². The van der Waals surface area contributed by atoms with E-state index in [1.165, 1.54) is 130 Å². The van der Waals surface area contributed by atoms with Gasteiger partial charge in [-0.1, -0.05) is 83.1 Å². The number of likely N-dealkylation sites (tertiary alicyclic amines) is 6. The van der Waals surface area contributed by atoms with Crippen LogP contribution in [0.25, 0.3) is 0 Å². The van der Waals surface area contributed by atoms with Crippen molar-refractivity contribution in [1.29, 1.82) is 0 Å². The molecule has 6 heterocycles. The summed E-state index contributed by atoms with van der Waals surface area (Å²) in [5, 5.41) is 0. The fraction of sp³-hybridized carbons (Fsp3) is 1.00. The summed E-state index contributed by atoms with van der Waals surface area (Å²) in [5.74, 6) is 16.4. The largest absolute Gasteiger partial charge is 0.301 e. The summed E-state index contributed by atoms with van der Waals surface area (Å²) in [7, 11) is 0. The van der Waals surface area contributed by atoms with Crippen LogP contribution in [0.15, 0.2) is 0 Å². The second-order valence-corrected chi connectivity index (χ2v) is 39.0. The molecule has 6 nitrogen and oxygen atoms in total. The molecule has 6 spiro atoms. The Kier molecular flexibility index (Phi) is 22.2.